The standard InChI is InChI=1S/C17H15ClN4/c1-2-5-16-21-15-8-14(18)10-20-17(15)22(16)11-13-7-4-3-6-12(13)9-19/h3-4,6-8,10H,2,5,11H2,1H3. The molecule has 0 atom stereocenters. The minimum atomic E-state index is 0.581. The number of aromatic nitrogens is 3. The van der Waals surface area contributed by atoms with Crippen molar-refractivity contribution in [3.8, 4) is 6.07 Å². The van der Waals surface area contributed by atoms with E-state index < -0.39 is 0 Å². The number of benzene rings is 1. The van der Waals surface area contributed by atoms with Gasteiger partial charge in [0.25, 0.3) is 0 Å². The molecule has 0 saturated heterocycles. The highest BCUT2D eigenvalue weighted by Crippen LogP contribution is 2.21. The zero-order valence-electron chi connectivity index (χ0n) is 12.3. The molecule has 0 fully saturated rings. The summed E-state index contributed by atoms with van der Waals surface area (Å²) in [6.45, 7) is 2.71. The average molecular weight is 311 g/mol. The summed E-state index contributed by atoms with van der Waals surface area (Å²) in [4.78, 5) is 9.07. The number of hydrogen-bond acceptors (Lipinski definition) is 3. The van der Waals surface area contributed by atoms with E-state index >= 15 is 0 Å². The Morgan fingerprint density at radius 1 is 1.32 bits per heavy atom. The minimum absolute atomic E-state index is 0.581. The van der Waals surface area contributed by atoms with Crippen LogP contribution in [0.25, 0.3) is 11.2 Å². The smallest absolute Gasteiger partial charge is 0.160 e. The van der Waals surface area contributed by atoms with Crippen LogP contribution in [0, 0.1) is 11.3 Å². The Hall–Kier alpha value is -2.38. The lowest BCUT2D eigenvalue weighted by atomic mass is 10.1. The van der Waals surface area contributed by atoms with Crippen molar-refractivity contribution in [2.24, 2.45) is 0 Å². The zero-order valence-corrected chi connectivity index (χ0v) is 13.0. The first-order chi connectivity index (χ1) is 10.7. The van der Waals surface area contributed by atoms with Gasteiger partial charge >= 0.3 is 0 Å². The van der Waals surface area contributed by atoms with Gasteiger partial charge in [-0.2, -0.15) is 5.26 Å². The molecule has 110 valence electrons. The van der Waals surface area contributed by atoms with E-state index in [0.29, 0.717) is 17.1 Å². The maximum absolute atomic E-state index is 9.26. The highest BCUT2D eigenvalue weighted by Gasteiger charge is 2.13. The Bertz CT molecular complexity index is 861. The summed E-state index contributed by atoms with van der Waals surface area (Å²) in [7, 11) is 0. The van der Waals surface area contributed by atoms with E-state index in [4.69, 9.17) is 11.6 Å². The Kier molecular flexibility index (Phi) is 4.08. The molecular formula is C17H15ClN4. The van der Waals surface area contributed by atoms with E-state index in [1.54, 1.807) is 6.20 Å². The van der Waals surface area contributed by atoms with Crippen molar-refractivity contribution in [2.45, 2.75) is 26.3 Å². The topological polar surface area (TPSA) is 54.5 Å². The lowest BCUT2D eigenvalue weighted by molar-refractivity contribution is 0.716. The highest BCUT2D eigenvalue weighted by molar-refractivity contribution is 6.31. The van der Waals surface area contributed by atoms with Gasteiger partial charge in [-0.1, -0.05) is 36.7 Å². The molecule has 3 aromatic rings. The molecule has 0 bridgehead atoms. The second kappa shape index (κ2) is 6.17. The van der Waals surface area contributed by atoms with Crippen LogP contribution in [0.4, 0.5) is 0 Å². The van der Waals surface area contributed by atoms with Gasteiger partial charge in [-0.25, -0.2) is 9.97 Å². The van der Waals surface area contributed by atoms with Crippen LogP contribution >= 0.6 is 11.6 Å². The Morgan fingerprint density at radius 3 is 2.91 bits per heavy atom. The molecule has 5 heteroatoms. The molecule has 0 amide bonds. The molecular weight excluding hydrogens is 296 g/mol. The number of nitriles is 1. The van der Waals surface area contributed by atoms with Crippen LogP contribution in [0.3, 0.4) is 0 Å². The molecule has 2 aromatic heterocycles. The van der Waals surface area contributed by atoms with Gasteiger partial charge < -0.3 is 4.57 Å². The van der Waals surface area contributed by atoms with Gasteiger partial charge in [0.1, 0.15) is 11.3 Å². The fourth-order valence-electron chi connectivity index (χ4n) is 2.55. The number of imidazole rings is 1. The van der Waals surface area contributed by atoms with Crippen molar-refractivity contribution < 1.29 is 0 Å². The zero-order chi connectivity index (χ0) is 15.5. The van der Waals surface area contributed by atoms with Gasteiger partial charge in [-0.15, -0.1) is 0 Å². The van der Waals surface area contributed by atoms with Gasteiger partial charge in [-0.3, -0.25) is 0 Å². The van der Waals surface area contributed by atoms with E-state index in [1.165, 1.54) is 0 Å². The molecule has 0 radical (unpaired) electrons. The quantitative estimate of drug-likeness (QED) is 0.733. The van der Waals surface area contributed by atoms with Gasteiger partial charge in [0.2, 0.25) is 0 Å². The third kappa shape index (κ3) is 2.68. The van der Waals surface area contributed by atoms with Crippen LogP contribution in [-0.4, -0.2) is 14.5 Å². The maximum atomic E-state index is 9.26. The van der Waals surface area contributed by atoms with Gasteiger partial charge in [-0.05, 0) is 24.1 Å². The van der Waals surface area contributed by atoms with Crippen LogP contribution in [0.15, 0.2) is 36.5 Å². The molecule has 0 aliphatic carbocycles. The molecule has 0 unspecified atom stereocenters. The summed E-state index contributed by atoms with van der Waals surface area (Å²) in [5.74, 6) is 0.972. The van der Waals surface area contributed by atoms with Crippen LogP contribution in [0.2, 0.25) is 5.02 Å². The third-order valence-electron chi connectivity index (χ3n) is 3.57. The Labute approximate surface area is 134 Å². The molecule has 3 rings (SSSR count). The number of fused-ring (bicyclic) bond motifs is 1. The van der Waals surface area contributed by atoms with Crippen molar-refractivity contribution in [3.05, 3.63) is 58.5 Å². The summed E-state index contributed by atoms with van der Waals surface area (Å²) < 4.78 is 2.07. The van der Waals surface area contributed by atoms with E-state index in [0.717, 1.165) is 35.4 Å². The van der Waals surface area contributed by atoms with Crippen molar-refractivity contribution in [2.75, 3.05) is 0 Å². The van der Waals surface area contributed by atoms with Crippen LogP contribution < -0.4 is 0 Å². The van der Waals surface area contributed by atoms with E-state index in [-0.39, 0.29) is 0 Å². The van der Waals surface area contributed by atoms with Gasteiger partial charge in [0, 0.05) is 12.6 Å². The predicted molar refractivity (Wildman–Crippen MR) is 86.8 cm³/mol. The first-order valence-corrected chi connectivity index (χ1v) is 7.59. The molecule has 1 aromatic carbocycles. The first-order valence-electron chi connectivity index (χ1n) is 7.21. The Balaban J connectivity index is 2.12. The van der Waals surface area contributed by atoms with Crippen LogP contribution in [0.5, 0.6) is 0 Å². The molecule has 0 aliphatic heterocycles. The predicted octanol–water partition coefficient (Wildman–Crippen LogP) is 3.96. The Morgan fingerprint density at radius 2 is 2.14 bits per heavy atom. The molecule has 0 aliphatic rings. The third-order valence-corrected chi connectivity index (χ3v) is 3.78. The largest absolute Gasteiger partial charge is 0.308 e. The summed E-state index contributed by atoms with van der Waals surface area (Å²) in [6.07, 6.45) is 3.49. The number of nitrogens with zero attached hydrogens (tertiary/aromatic N) is 4. The minimum Gasteiger partial charge on any atom is -0.308 e. The second-order valence-corrected chi connectivity index (χ2v) is 5.57. The molecule has 0 spiro atoms. The van der Waals surface area contributed by atoms with Crippen LogP contribution in [-0.2, 0) is 13.0 Å². The summed E-state index contributed by atoms with van der Waals surface area (Å²) in [5, 5.41) is 9.84. The van der Waals surface area contributed by atoms with Crippen LogP contribution in [0.1, 0.15) is 30.3 Å². The molecule has 22 heavy (non-hydrogen) atoms. The number of rotatable bonds is 4. The van der Waals surface area contributed by atoms with Crippen molar-refractivity contribution in [1.82, 2.24) is 14.5 Å². The highest BCUT2D eigenvalue weighted by atomic mass is 35.5. The normalized spacial score (nSPS) is 10.8. The lowest BCUT2D eigenvalue weighted by Gasteiger charge is -2.09. The fourth-order valence-corrected chi connectivity index (χ4v) is 2.70. The van der Waals surface area contributed by atoms with E-state index in [9.17, 15) is 5.26 Å². The van der Waals surface area contributed by atoms with Crippen molar-refractivity contribution in [1.29, 1.82) is 5.26 Å². The average Bonchev–Trinajstić information content (AvgIpc) is 2.85. The summed E-state index contributed by atoms with van der Waals surface area (Å²) in [6, 6.07) is 11.7. The number of aryl methyl sites for hydroxylation is 1. The van der Waals surface area contributed by atoms with Crippen molar-refractivity contribution >= 4 is 22.8 Å². The number of halogens is 1. The second-order valence-electron chi connectivity index (χ2n) is 5.13. The van der Waals surface area contributed by atoms with E-state index in [2.05, 4.69) is 27.5 Å². The SMILES string of the molecule is CCCc1nc2cc(Cl)cnc2n1Cc1ccccc1C#N. The molecule has 0 saturated carbocycles. The van der Waals surface area contributed by atoms with Gasteiger partial charge in [0.05, 0.1) is 23.2 Å². The van der Waals surface area contributed by atoms with E-state index in [1.807, 2.05) is 30.3 Å². The fraction of sp³-hybridized carbons (Fsp3) is 0.235. The van der Waals surface area contributed by atoms with Crippen molar-refractivity contribution in [3.63, 3.8) is 0 Å². The molecule has 2 heterocycles. The first kappa shape index (κ1) is 14.6. The summed E-state index contributed by atoms with van der Waals surface area (Å²) >= 11 is 6.01. The molecule has 4 nitrogen and oxygen atoms in total. The maximum Gasteiger partial charge on any atom is 0.160 e. The van der Waals surface area contributed by atoms with Gasteiger partial charge in [0.15, 0.2) is 5.65 Å². The number of hydrogen-bond donors (Lipinski definition) is 0. The molecule has 0 N–H and O–H groups in total. The number of pyridine rings is 1. The summed E-state index contributed by atoms with van der Waals surface area (Å²) in [5.41, 5.74) is 3.25. The monoisotopic (exact) mass is 310 g/mol. The lowest BCUT2D eigenvalue weighted by Crippen LogP contribution is -2.07.